The van der Waals surface area contributed by atoms with Gasteiger partial charge in [0.15, 0.2) is 0 Å². The Morgan fingerprint density at radius 2 is 1.77 bits per heavy atom. The summed E-state index contributed by atoms with van der Waals surface area (Å²) in [4.78, 5) is 33.6. The number of anilines is 1. The number of carbonyl (C=O) groups is 1. The number of para-hydroxylation sites is 1. The lowest BCUT2D eigenvalue weighted by molar-refractivity contribution is -0.131. The fourth-order valence-electron chi connectivity index (χ4n) is 4.05. The lowest BCUT2D eigenvalue weighted by Gasteiger charge is -2.36. The van der Waals surface area contributed by atoms with Gasteiger partial charge in [0, 0.05) is 49.9 Å². The molecule has 0 saturated carbocycles. The van der Waals surface area contributed by atoms with E-state index in [-0.39, 0.29) is 11.5 Å². The van der Waals surface area contributed by atoms with Gasteiger partial charge in [-0.3, -0.25) is 14.2 Å². The Morgan fingerprint density at radius 3 is 2.58 bits per heavy atom. The zero-order valence-electron chi connectivity index (χ0n) is 17.5. The molecule has 1 aliphatic heterocycles. The molecule has 0 spiro atoms. The van der Waals surface area contributed by atoms with E-state index < -0.39 is 0 Å². The van der Waals surface area contributed by atoms with Crippen LogP contribution >= 0.6 is 11.6 Å². The minimum Gasteiger partial charge on any atom is -0.368 e. The first-order valence-corrected chi connectivity index (χ1v) is 11.2. The molecule has 2 aromatic carbocycles. The molecular formula is C24H27ClN4O2. The van der Waals surface area contributed by atoms with Gasteiger partial charge in [0.25, 0.3) is 5.56 Å². The molecule has 1 saturated heterocycles. The van der Waals surface area contributed by atoms with Crippen molar-refractivity contribution in [3.8, 4) is 0 Å². The summed E-state index contributed by atoms with van der Waals surface area (Å²) >= 11 is 6.09. The van der Waals surface area contributed by atoms with Crippen LogP contribution in [0.25, 0.3) is 10.9 Å². The van der Waals surface area contributed by atoms with E-state index in [0.717, 1.165) is 61.7 Å². The van der Waals surface area contributed by atoms with Crippen LogP contribution in [0.3, 0.4) is 0 Å². The smallest absolute Gasteiger partial charge is 0.261 e. The van der Waals surface area contributed by atoms with E-state index in [1.807, 2.05) is 47.4 Å². The van der Waals surface area contributed by atoms with Crippen molar-refractivity contribution >= 4 is 34.1 Å². The largest absolute Gasteiger partial charge is 0.368 e. The maximum absolute atomic E-state index is 12.6. The van der Waals surface area contributed by atoms with Crippen LogP contribution in [0.4, 0.5) is 5.69 Å². The molecule has 0 N–H and O–H groups in total. The summed E-state index contributed by atoms with van der Waals surface area (Å²) in [6.07, 6.45) is 4.78. The van der Waals surface area contributed by atoms with Gasteiger partial charge in [-0.15, -0.1) is 0 Å². The highest BCUT2D eigenvalue weighted by molar-refractivity contribution is 6.30. The summed E-state index contributed by atoms with van der Waals surface area (Å²) in [6.45, 7) is 3.75. The maximum Gasteiger partial charge on any atom is 0.261 e. The quantitative estimate of drug-likeness (QED) is 0.524. The predicted molar refractivity (Wildman–Crippen MR) is 125 cm³/mol. The summed E-state index contributed by atoms with van der Waals surface area (Å²) in [5, 5.41) is 1.38. The highest BCUT2D eigenvalue weighted by Crippen LogP contribution is 2.21. The van der Waals surface area contributed by atoms with Gasteiger partial charge in [-0.25, -0.2) is 4.98 Å². The second-order valence-electron chi connectivity index (χ2n) is 7.92. The van der Waals surface area contributed by atoms with Gasteiger partial charge >= 0.3 is 0 Å². The second-order valence-corrected chi connectivity index (χ2v) is 8.36. The Kier molecular flexibility index (Phi) is 6.87. The number of halogens is 1. The number of hydrogen-bond donors (Lipinski definition) is 0. The number of rotatable bonds is 7. The van der Waals surface area contributed by atoms with Crippen molar-refractivity contribution in [1.82, 2.24) is 14.5 Å². The van der Waals surface area contributed by atoms with Gasteiger partial charge in [0.2, 0.25) is 5.91 Å². The highest BCUT2D eigenvalue weighted by Gasteiger charge is 2.21. The molecule has 0 radical (unpaired) electrons. The summed E-state index contributed by atoms with van der Waals surface area (Å²) in [6, 6.07) is 15.3. The number of unbranched alkanes of at least 4 members (excludes halogenated alkanes) is 2. The maximum atomic E-state index is 12.6. The second kappa shape index (κ2) is 9.96. The van der Waals surface area contributed by atoms with E-state index in [9.17, 15) is 9.59 Å². The normalized spacial score (nSPS) is 14.2. The van der Waals surface area contributed by atoms with Crippen molar-refractivity contribution in [3.63, 3.8) is 0 Å². The van der Waals surface area contributed by atoms with Crippen LogP contribution in [-0.4, -0.2) is 46.5 Å². The van der Waals surface area contributed by atoms with Gasteiger partial charge in [0.05, 0.1) is 17.2 Å². The minimum atomic E-state index is -0.000694. The minimum absolute atomic E-state index is 0.000694. The Bertz CT molecular complexity index is 1110. The van der Waals surface area contributed by atoms with Crippen LogP contribution in [-0.2, 0) is 11.3 Å². The van der Waals surface area contributed by atoms with Crippen LogP contribution in [0, 0.1) is 0 Å². The van der Waals surface area contributed by atoms with Crippen LogP contribution in [0.5, 0.6) is 0 Å². The van der Waals surface area contributed by atoms with E-state index in [1.54, 1.807) is 10.9 Å². The molecule has 0 unspecified atom stereocenters. The molecule has 162 valence electrons. The third-order valence-electron chi connectivity index (χ3n) is 5.83. The fourth-order valence-corrected chi connectivity index (χ4v) is 4.23. The van der Waals surface area contributed by atoms with E-state index in [2.05, 4.69) is 16.0 Å². The SMILES string of the molecule is O=C(CCCCCn1cnc2ccccc2c1=O)N1CCN(c2cccc(Cl)c2)CC1. The Morgan fingerprint density at radius 1 is 0.968 bits per heavy atom. The van der Waals surface area contributed by atoms with Gasteiger partial charge in [-0.1, -0.05) is 36.2 Å². The zero-order chi connectivity index (χ0) is 21.6. The molecular weight excluding hydrogens is 412 g/mol. The number of aryl methyl sites for hydroxylation is 1. The predicted octanol–water partition coefficient (Wildman–Crippen LogP) is 3.96. The molecule has 0 bridgehead atoms. The average Bonchev–Trinajstić information content (AvgIpc) is 2.80. The molecule has 1 aromatic heterocycles. The molecule has 31 heavy (non-hydrogen) atoms. The van der Waals surface area contributed by atoms with Crippen molar-refractivity contribution in [3.05, 3.63) is 70.2 Å². The number of benzene rings is 2. The first-order valence-electron chi connectivity index (χ1n) is 10.8. The first-order chi connectivity index (χ1) is 15.1. The number of hydrogen-bond acceptors (Lipinski definition) is 4. The van der Waals surface area contributed by atoms with Crippen LogP contribution in [0.2, 0.25) is 5.02 Å². The summed E-state index contributed by atoms with van der Waals surface area (Å²) in [7, 11) is 0. The van der Waals surface area contributed by atoms with E-state index in [4.69, 9.17) is 11.6 Å². The van der Waals surface area contributed by atoms with Crippen molar-refractivity contribution < 1.29 is 4.79 Å². The van der Waals surface area contributed by atoms with Crippen molar-refractivity contribution in [2.75, 3.05) is 31.1 Å². The number of carbonyl (C=O) groups excluding carboxylic acids is 1. The Balaban J connectivity index is 1.18. The molecule has 1 aliphatic rings. The van der Waals surface area contributed by atoms with Crippen molar-refractivity contribution in [1.29, 1.82) is 0 Å². The van der Waals surface area contributed by atoms with E-state index in [0.29, 0.717) is 18.4 Å². The molecule has 1 fully saturated rings. The van der Waals surface area contributed by atoms with Gasteiger partial charge in [-0.05, 0) is 43.2 Å². The first kappa shape index (κ1) is 21.4. The number of aromatic nitrogens is 2. The van der Waals surface area contributed by atoms with E-state index in [1.165, 1.54) is 0 Å². The molecule has 3 aromatic rings. The summed E-state index contributed by atoms with van der Waals surface area (Å²) in [5.41, 5.74) is 1.84. The van der Waals surface area contributed by atoms with Crippen LogP contribution in [0.1, 0.15) is 25.7 Å². The molecule has 0 atom stereocenters. The summed E-state index contributed by atoms with van der Waals surface area (Å²) in [5.74, 6) is 0.218. The molecule has 7 heteroatoms. The number of amides is 1. The lowest BCUT2D eigenvalue weighted by Crippen LogP contribution is -2.48. The van der Waals surface area contributed by atoms with Gasteiger partial charge < -0.3 is 9.80 Å². The number of nitrogens with zero attached hydrogens (tertiary/aromatic N) is 4. The molecule has 6 nitrogen and oxygen atoms in total. The van der Waals surface area contributed by atoms with E-state index >= 15 is 0 Å². The third-order valence-corrected chi connectivity index (χ3v) is 6.06. The molecule has 1 amide bonds. The van der Waals surface area contributed by atoms with Crippen LogP contribution in [0.15, 0.2) is 59.7 Å². The third kappa shape index (κ3) is 5.25. The van der Waals surface area contributed by atoms with Crippen molar-refractivity contribution in [2.24, 2.45) is 0 Å². The summed E-state index contributed by atoms with van der Waals surface area (Å²) < 4.78 is 1.67. The number of piperazine rings is 1. The van der Waals surface area contributed by atoms with Gasteiger partial charge in [-0.2, -0.15) is 0 Å². The lowest BCUT2D eigenvalue weighted by atomic mass is 10.1. The zero-order valence-corrected chi connectivity index (χ0v) is 18.3. The molecule has 2 heterocycles. The topological polar surface area (TPSA) is 58.4 Å². The van der Waals surface area contributed by atoms with Gasteiger partial charge in [0.1, 0.15) is 0 Å². The Labute approximate surface area is 187 Å². The highest BCUT2D eigenvalue weighted by atomic mass is 35.5. The number of fused-ring (bicyclic) bond motifs is 1. The Hall–Kier alpha value is -2.86. The van der Waals surface area contributed by atoms with Crippen LogP contribution < -0.4 is 10.5 Å². The monoisotopic (exact) mass is 438 g/mol. The molecule has 4 rings (SSSR count). The standard InChI is InChI=1S/C24H27ClN4O2/c25-19-7-6-8-20(17-19)27-13-15-28(16-14-27)23(30)11-2-1-5-12-29-18-26-22-10-4-3-9-21(22)24(29)31/h3-4,6-10,17-18H,1-2,5,11-16H2. The average molecular weight is 439 g/mol. The van der Waals surface area contributed by atoms with Crippen molar-refractivity contribution in [2.45, 2.75) is 32.2 Å². The molecule has 0 aliphatic carbocycles. The fraction of sp³-hybridized carbons (Fsp3) is 0.375.